The average Bonchev–Trinajstić information content (AvgIpc) is 2.86. The maximum absolute atomic E-state index is 11.7. The molecule has 1 aromatic carbocycles. The van der Waals surface area contributed by atoms with Crippen molar-refractivity contribution in [2.24, 2.45) is 0 Å². The van der Waals surface area contributed by atoms with Crippen LogP contribution in [0.1, 0.15) is 32.9 Å². The van der Waals surface area contributed by atoms with Crippen LogP contribution in [0.3, 0.4) is 0 Å². The molecular weight excluding hydrogens is 274 g/mol. The average molecular weight is 289 g/mol. The molecule has 0 aliphatic rings. The summed E-state index contributed by atoms with van der Waals surface area (Å²) in [6.45, 7) is 5.87. The predicted molar refractivity (Wildman–Crippen MR) is 84.9 cm³/mol. The molecule has 0 saturated heterocycles. The van der Waals surface area contributed by atoms with E-state index in [1.54, 1.807) is 16.5 Å². The Bertz CT molecular complexity index is 945. The van der Waals surface area contributed by atoms with Crippen LogP contribution in [0.4, 0.5) is 0 Å². The number of nitriles is 1. The second kappa shape index (κ2) is 5.12. The molecule has 0 fully saturated rings. The standard InChI is InChI=1S/C18H15N3O/c1-11-4-6-15(12(2)8-11)18-16(10-22)21-13(3)14(9-19)5-7-17(21)20-18/h4-8,10H,1-3H3. The number of aldehydes is 1. The van der Waals surface area contributed by atoms with Crippen molar-refractivity contribution < 1.29 is 4.79 Å². The number of carbonyl (C=O) groups excluding carboxylic acids is 1. The van der Waals surface area contributed by atoms with Crippen LogP contribution in [0, 0.1) is 32.1 Å². The molecule has 3 rings (SSSR count). The van der Waals surface area contributed by atoms with Gasteiger partial charge in [0.25, 0.3) is 0 Å². The van der Waals surface area contributed by atoms with E-state index < -0.39 is 0 Å². The Balaban J connectivity index is 2.39. The molecule has 0 radical (unpaired) electrons. The molecule has 0 N–H and O–H groups in total. The largest absolute Gasteiger partial charge is 0.296 e. The van der Waals surface area contributed by atoms with Crippen LogP contribution >= 0.6 is 0 Å². The number of rotatable bonds is 2. The molecule has 0 atom stereocenters. The number of hydrogen-bond acceptors (Lipinski definition) is 3. The summed E-state index contributed by atoms with van der Waals surface area (Å²) in [7, 11) is 0. The fraction of sp³-hybridized carbons (Fsp3) is 0.167. The number of fused-ring (bicyclic) bond motifs is 1. The van der Waals surface area contributed by atoms with E-state index in [0.717, 1.165) is 23.1 Å². The summed E-state index contributed by atoms with van der Waals surface area (Å²) >= 11 is 0. The molecule has 2 heterocycles. The molecule has 3 aromatic rings. The molecule has 0 aliphatic carbocycles. The zero-order valence-corrected chi connectivity index (χ0v) is 12.7. The van der Waals surface area contributed by atoms with Crippen LogP contribution in [-0.2, 0) is 0 Å². The summed E-state index contributed by atoms with van der Waals surface area (Å²) < 4.78 is 1.75. The van der Waals surface area contributed by atoms with Gasteiger partial charge in [0.05, 0.1) is 5.56 Å². The van der Waals surface area contributed by atoms with Crippen LogP contribution in [0.25, 0.3) is 16.9 Å². The number of hydrogen-bond donors (Lipinski definition) is 0. The van der Waals surface area contributed by atoms with E-state index in [-0.39, 0.29) is 0 Å². The summed E-state index contributed by atoms with van der Waals surface area (Å²) in [6.07, 6.45) is 0.808. The van der Waals surface area contributed by atoms with Crippen LogP contribution < -0.4 is 0 Å². The first-order valence-corrected chi connectivity index (χ1v) is 7.01. The van der Waals surface area contributed by atoms with Crippen molar-refractivity contribution in [1.29, 1.82) is 5.26 Å². The Morgan fingerprint density at radius 1 is 1.18 bits per heavy atom. The van der Waals surface area contributed by atoms with Crippen molar-refractivity contribution in [3.8, 4) is 17.3 Å². The van der Waals surface area contributed by atoms with Crippen LogP contribution in [-0.4, -0.2) is 15.7 Å². The minimum atomic E-state index is 0.483. The van der Waals surface area contributed by atoms with E-state index >= 15 is 0 Å². The highest BCUT2D eigenvalue weighted by Crippen LogP contribution is 2.28. The van der Waals surface area contributed by atoms with E-state index in [2.05, 4.69) is 17.1 Å². The van der Waals surface area contributed by atoms with Gasteiger partial charge in [0.15, 0.2) is 6.29 Å². The number of pyridine rings is 1. The van der Waals surface area contributed by atoms with Crippen molar-refractivity contribution in [1.82, 2.24) is 9.38 Å². The van der Waals surface area contributed by atoms with E-state index in [1.807, 2.05) is 32.9 Å². The van der Waals surface area contributed by atoms with Gasteiger partial charge in [-0.2, -0.15) is 5.26 Å². The Morgan fingerprint density at radius 2 is 1.95 bits per heavy atom. The lowest BCUT2D eigenvalue weighted by Gasteiger charge is -2.06. The molecule has 0 spiro atoms. The molecule has 4 heteroatoms. The topological polar surface area (TPSA) is 58.2 Å². The lowest BCUT2D eigenvalue weighted by atomic mass is 10.0. The van der Waals surface area contributed by atoms with Gasteiger partial charge in [-0.05, 0) is 38.5 Å². The zero-order chi connectivity index (χ0) is 15.9. The second-order valence-corrected chi connectivity index (χ2v) is 5.42. The van der Waals surface area contributed by atoms with Gasteiger partial charge in [-0.15, -0.1) is 0 Å². The number of benzene rings is 1. The molecular formula is C18H15N3O. The van der Waals surface area contributed by atoms with Crippen molar-refractivity contribution in [3.63, 3.8) is 0 Å². The number of nitrogens with zero attached hydrogens (tertiary/aromatic N) is 3. The monoisotopic (exact) mass is 289 g/mol. The molecule has 4 nitrogen and oxygen atoms in total. The molecule has 0 saturated carbocycles. The third-order valence-electron chi connectivity index (χ3n) is 3.93. The number of aryl methyl sites for hydroxylation is 3. The fourth-order valence-corrected chi connectivity index (χ4v) is 2.82. The third-order valence-corrected chi connectivity index (χ3v) is 3.93. The lowest BCUT2D eigenvalue weighted by Crippen LogP contribution is -1.99. The van der Waals surface area contributed by atoms with E-state index in [9.17, 15) is 4.79 Å². The first kappa shape index (κ1) is 14.0. The Morgan fingerprint density at radius 3 is 2.59 bits per heavy atom. The van der Waals surface area contributed by atoms with Gasteiger partial charge < -0.3 is 0 Å². The van der Waals surface area contributed by atoms with E-state index in [4.69, 9.17) is 5.26 Å². The highest BCUT2D eigenvalue weighted by molar-refractivity contribution is 5.87. The smallest absolute Gasteiger partial charge is 0.169 e. The lowest BCUT2D eigenvalue weighted by molar-refractivity contribution is 0.111. The van der Waals surface area contributed by atoms with Gasteiger partial charge in [0, 0.05) is 11.3 Å². The second-order valence-electron chi connectivity index (χ2n) is 5.42. The number of aromatic nitrogens is 2. The Labute approximate surface area is 128 Å². The summed E-state index contributed by atoms with van der Waals surface area (Å²) in [5, 5.41) is 9.17. The quantitative estimate of drug-likeness (QED) is 0.677. The van der Waals surface area contributed by atoms with Gasteiger partial charge >= 0.3 is 0 Å². The first-order valence-electron chi connectivity index (χ1n) is 7.01. The summed E-state index contributed by atoms with van der Waals surface area (Å²) in [5.41, 5.74) is 6.26. The Kier molecular flexibility index (Phi) is 3.26. The highest BCUT2D eigenvalue weighted by Gasteiger charge is 2.17. The van der Waals surface area contributed by atoms with Crippen molar-refractivity contribution in [2.45, 2.75) is 20.8 Å². The van der Waals surface area contributed by atoms with Gasteiger partial charge in [0.1, 0.15) is 23.1 Å². The molecule has 0 unspecified atom stereocenters. The van der Waals surface area contributed by atoms with Crippen LogP contribution in [0.2, 0.25) is 0 Å². The van der Waals surface area contributed by atoms with Gasteiger partial charge in [0.2, 0.25) is 0 Å². The molecule has 108 valence electrons. The van der Waals surface area contributed by atoms with Crippen LogP contribution in [0.15, 0.2) is 30.3 Å². The predicted octanol–water partition coefficient (Wildman–Crippen LogP) is 3.61. The summed E-state index contributed by atoms with van der Waals surface area (Å²) in [6, 6.07) is 11.7. The molecule has 0 bridgehead atoms. The normalized spacial score (nSPS) is 10.6. The molecule has 22 heavy (non-hydrogen) atoms. The van der Waals surface area contributed by atoms with Crippen LogP contribution in [0.5, 0.6) is 0 Å². The maximum atomic E-state index is 11.7. The SMILES string of the molecule is Cc1ccc(-c2nc3ccc(C#N)c(C)n3c2C=O)c(C)c1. The first-order chi connectivity index (χ1) is 10.6. The zero-order valence-electron chi connectivity index (χ0n) is 12.7. The number of imidazole rings is 1. The van der Waals surface area contributed by atoms with Crippen molar-refractivity contribution in [3.05, 3.63) is 58.4 Å². The molecule has 2 aromatic heterocycles. The van der Waals surface area contributed by atoms with Gasteiger partial charge in [-0.1, -0.05) is 23.8 Å². The number of carbonyl (C=O) groups is 1. The van der Waals surface area contributed by atoms with Gasteiger partial charge in [-0.3, -0.25) is 9.20 Å². The third kappa shape index (κ3) is 1.99. The van der Waals surface area contributed by atoms with Crippen molar-refractivity contribution in [2.75, 3.05) is 0 Å². The van der Waals surface area contributed by atoms with Crippen molar-refractivity contribution >= 4 is 11.9 Å². The van der Waals surface area contributed by atoms with E-state index in [1.165, 1.54) is 5.56 Å². The molecule has 0 aliphatic heterocycles. The molecule has 0 amide bonds. The highest BCUT2D eigenvalue weighted by atomic mass is 16.1. The summed E-state index contributed by atoms with van der Waals surface area (Å²) in [4.78, 5) is 16.3. The summed E-state index contributed by atoms with van der Waals surface area (Å²) in [5.74, 6) is 0. The fourth-order valence-electron chi connectivity index (χ4n) is 2.82. The maximum Gasteiger partial charge on any atom is 0.169 e. The van der Waals surface area contributed by atoms with Gasteiger partial charge in [-0.25, -0.2) is 4.98 Å². The minimum absolute atomic E-state index is 0.483. The minimum Gasteiger partial charge on any atom is -0.296 e. The van der Waals surface area contributed by atoms with E-state index in [0.29, 0.717) is 22.6 Å². The Hall–Kier alpha value is -2.93.